The molecule has 4 amide bonds. The highest BCUT2D eigenvalue weighted by Crippen LogP contribution is 2.30. The Morgan fingerprint density at radius 3 is 2.15 bits per heavy atom. The lowest BCUT2D eigenvalue weighted by Crippen LogP contribution is -2.59. The van der Waals surface area contributed by atoms with E-state index in [1.165, 1.54) is 14.2 Å². The molecule has 13 nitrogen and oxygen atoms in total. The molecule has 0 radical (unpaired) electrons. The summed E-state index contributed by atoms with van der Waals surface area (Å²) in [7, 11) is 7.86. The minimum Gasteiger partial charge on any atom is -0.467 e. The highest BCUT2D eigenvalue weighted by molar-refractivity contribution is 5.90. The second-order valence-electron chi connectivity index (χ2n) is 15.5. The molecule has 1 fully saturated rings. The average molecular weight is 746 g/mol. The molecule has 1 saturated heterocycles. The number of carbonyl (C=O) groups excluding carboxylic acids is 5. The first-order chi connectivity index (χ1) is 25.0. The second kappa shape index (κ2) is 21.4. The van der Waals surface area contributed by atoms with E-state index >= 15 is 0 Å². The monoisotopic (exact) mass is 745 g/mol. The van der Waals surface area contributed by atoms with Crippen molar-refractivity contribution >= 4 is 29.6 Å². The van der Waals surface area contributed by atoms with Crippen LogP contribution >= 0.6 is 0 Å². The number of rotatable bonds is 21. The van der Waals surface area contributed by atoms with Gasteiger partial charge in [-0.25, -0.2) is 4.79 Å². The van der Waals surface area contributed by atoms with Crippen LogP contribution in [-0.4, -0.2) is 124 Å². The number of nitrogens with zero attached hydrogens (tertiary/aromatic N) is 2. The Labute approximate surface area is 317 Å². The standard InChI is InChI=1S/C40H67N5O8/c1-13-26(4)34(44(9)37(48)33(25(2)3)43-39(50)40(6,7)24-41-8)31(51-10)23-32(46)45-21-17-20-30(45)35(52-11)27(5)36(47)42-29(38(49)53-12)22-28-18-15-14-16-19-28/h14-16,18-19,25-27,29-31,33-35,41H,13,17,20-24H2,1-12H3,(H,42,47)(H,43,50)/t26-,27+,29-,30-,31+,33-,34-,35+/m0/s1. The number of likely N-dealkylation sites (N-methyl/N-ethyl adjacent to an activating group) is 1. The lowest BCUT2D eigenvalue weighted by atomic mass is 9.88. The van der Waals surface area contributed by atoms with Gasteiger partial charge in [0.25, 0.3) is 0 Å². The van der Waals surface area contributed by atoms with Crippen LogP contribution in [0.5, 0.6) is 0 Å². The van der Waals surface area contributed by atoms with Gasteiger partial charge in [0.1, 0.15) is 12.1 Å². The smallest absolute Gasteiger partial charge is 0.328 e. The first-order valence-corrected chi connectivity index (χ1v) is 19.0. The van der Waals surface area contributed by atoms with E-state index in [-0.39, 0.29) is 54.3 Å². The summed E-state index contributed by atoms with van der Waals surface area (Å²) in [4.78, 5) is 71.3. The largest absolute Gasteiger partial charge is 0.467 e. The van der Waals surface area contributed by atoms with Crippen LogP contribution in [0.15, 0.2) is 30.3 Å². The zero-order chi connectivity index (χ0) is 40.0. The van der Waals surface area contributed by atoms with E-state index in [1.807, 2.05) is 71.9 Å². The van der Waals surface area contributed by atoms with E-state index in [0.717, 1.165) is 18.4 Å². The van der Waals surface area contributed by atoms with E-state index in [0.29, 0.717) is 19.5 Å². The summed E-state index contributed by atoms with van der Waals surface area (Å²) in [6.45, 7) is 14.2. The Bertz CT molecular complexity index is 1340. The molecule has 0 aromatic heterocycles. The zero-order valence-corrected chi connectivity index (χ0v) is 34.2. The van der Waals surface area contributed by atoms with E-state index in [4.69, 9.17) is 14.2 Å². The molecule has 1 heterocycles. The van der Waals surface area contributed by atoms with Crippen molar-refractivity contribution in [3.63, 3.8) is 0 Å². The zero-order valence-electron chi connectivity index (χ0n) is 34.2. The quantitative estimate of drug-likeness (QED) is 0.161. The van der Waals surface area contributed by atoms with Gasteiger partial charge in [-0.2, -0.15) is 0 Å². The van der Waals surface area contributed by atoms with Crippen LogP contribution < -0.4 is 16.0 Å². The molecular formula is C40H67N5O8. The number of ether oxygens (including phenoxy) is 3. The van der Waals surface area contributed by atoms with Gasteiger partial charge >= 0.3 is 5.97 Å². The first-order valence-electron chi connectivity index (χ1n) is 19.0. The third-order valence-electron chi connectivity index (χ3n) is 10.8. The highest BCUT2D eigenvalue weighted by Gasteiger charge is 2.43. The fourth-order valence-corrected chi connectivity index (χ4v) is 7.39. The molecule has 53 heavy (non-hydrogen) atoms. The van der Waals surface area contributed by atoms with Gasteiger partial charge in [0.05, 0.1) is 49.2 Å². The maximum atomic E-state index is 14.2. The first kappa shape index (κ1) is 45.6. The minimum atomic E-state index is -0.890. The summed E-state index contributed by atoms with van der Waals surface area (Å²) in [5, 5.41) is 8.89. The molecule has 0 bridgehead atoms. The maximum Gasteiger partial charge on any atom is 0.328 e. The third-order valence-corrected chi connectivity index (χ3v) is 10.8. The Morgan fingerprint density at radius 1 is 0.981 bits per heavy atom. The van der Waals surface area contributed by atoms with Crippen LogP contribution in [0.3, 0.4) is 0 Å². The van der Waals surface area contributed by atoms with Gasteiger partial charge in [-0.15, -0.1) is 0 Å². The molecule has 2 rings (SSSR count). The van der Waals surface area contributed by atoms with E-state index < -0.39 is 47.6 Å². The number of amides is 4. The van der Waals surface area contributed by atoms with Crippen molar-refractivity contribution in [3.8, 4) is 0 Å². The Balaban J connectivity index is 2.28. The van der Waals surface area contributed by atoms with Crippen molar-refractivity contribution in [2.24, 2.45) is 23.2 Å². The van der Waals surface area contributed by atoms with E-state index in [2.05, 4.69) is 16.0 Å². The topological polar surface area (TPSA) is 156 Å². The Hall–Kier alpha value is -3.55. The second-order valence-corrected chi connectivity index (χ2v) is 15.5. The number of methoxy groups -OCH3 is 3. The van der Waals surface area contributed by atoms with Crippen molar-refractivity contribution in [1.29, 1.82) is 0 Å². The van der Waals surface area contributed by atoms with Crippen molar-refractivity contribution in [3.05, 3.63) is 35.9 Å². The lowest BCUT2D eigenvalue weighted by molar-refractivity contribution is -0.149. The molecule has 8 atom stereocenters. The van der Waals surface area contributed by atoms with Crippen LogP contribution in [0.1, 0.15) is 79.7 Å². The summed E-state index contributed by atoms with van der Waals surface area (Å²) in [5.74, 6) is -2.48. The van der Waals surface area contributed by atoms with E-state index in [1.54, 1.807) is 37.9 Å². The van der Waals surface area contributed by atoms with Crippen molar-refractivity contribution < 1.29 is 38.2 Å². The molecule has 1 aromatic carbocycles. The predicted molar refractivity (Wildman–Crippen MR) is 205 cm³/mol. The van der Waals surface area contributed by atoms with E-state index in [9.17, 15) is 24.0 Å². The minimum absolute atomic E-state index is 0.00599. The molecule has 300 valence electrons. The Morgan fingerprint density at radius 2 is 1.62 bits per heavy atom. The SMILES string of the molecule is CC[C@H](C)[C@@H]([C@@H](CC(=O)N1CCC[C@H]1[C@H](OC)[C@@H](C)C(=O)N[C@@H](Cc1ccccc1)C(=O)OC)OC)N(C)C(=O)[C@@H](NC(=O)C(C)(C)CNC)C(C)C. The predicted octanol–water partition coefficient (Wildman–Crippen LogP) is 3.19. The average Bonchev–Trinajstić information content (AvgIpc) is 3.62. The molecule has 13 heteroatoms. The molecule has 3 N–H and O–H groups in total. The Kier molecular flexibility index (Phi) is 18.4. The summed E-state index contributed by atoms with van der Waals surface area (Å²) >= 11 is 0. The molecule has 1 aliphatic heterocycles. The molecule has 1 aliphatic rings. The van der Waals surface area contributed by atoms with Crippen LogP contribution in [0, 0.1) is 23.2 Å². The number of nitrogens with one attached hydrogen (secondary N) is 3. The fourth-order valence-electron chi connectivity index (χ4n) is 7.39. The summed E-state index contributed by atoms with van der Waals surface area (Å²) in [5.41, 5.74) is 0.147. The third kappa shape index (κ3) is 12.2. The molecule has 0 saturated carbocycles. The van der Waals surface area contributed by atoms with Gasteiger partial charge in [0.2, 0.25) is 23.6 Å². The summed E-state index contributed by atoms with van der Waals surface area (Å²) in [6.07, 6.45) is 1.08. The molecular weight excluding hydrogens is 678 g/mol. The molecule has 0 unspecified atom stereocenters. The fraction of sp³-hybridized carbons (Fsp3) is 0.725. The molecule has 1 aromatic rings. The molecule has 0 spiro atoms. The van der Waals surface area contributed by atoms with Crippen LogP contribution in [-0.2, 0) is 44.6 Å². The van der Waals surface area contributed by atoms with Gasteiger partial charge in [-0.05, 0) is 51.1 Å². The van der Waals surface area contributed by atoms with Crippen molar-refractivity contribution in [2.45, 2.75) is 117 Å². The number of hydrogen-bond donors (Lipinski definition) is 3. The van der Waals surface area contributed by atoms with Crippen LogP contribution in [0.25, 0.3) is 0 Å². The lowest BCUT2D eigenvalue weighted by Gasteiger charge is -2.41. The summed E-state index contributed by atoms with van der Waals surface area (Å²) < 4.78 is 16.9. The number of hydrogen-bond acceptors (Lipinski definition) is 9. The van der Waals surface area contributed by atoms with Crippen LogP contribution in [0.4, 0.5) is 0 Å². The van der Waals surface area contributed by atoms with Gasteiger partial charge in [-0.3, -0.25) is 19.2 Å². The van der Waals surface area contributed by atoms with Crippen molar-refractivity contribution in [2.75, 3.05) is 48.5 Å². The summed E-state index contributed by atoms with van der Waals surface area (Å²) in [6, 6.07) is 6.86. The van der Waals surface area contributed by atoms with Gasteiger partial charge in [0, 0.05) is 40.8 Å². The van der Waals surface area contributed by atoms with Gasteiger partial charge in [-0.1, -0.05) is 71.4 Å². The van der Waals surface area contributed by atoms with Gasteiger partial charge in [0.15, 0.2) is 0 Å². The number of benzene rings is 1. The number of likely N-dealkylation sites (tertiary alicyclic amines) is 1. The normalized spacial score (nSPS) is 18.7. The number of carbonyl (C=O) groups is 5. The molecule has 0 aliphatic carbocycles. The highest BCUT2D eigenvalue weighted by atomic mass is 16.5. The van der Waals surface area contributed by atoms with Crippen LogP contribution in [0.2, 0.25) is 0 Å². The van der Waals surface area contributed by atoms with Gasteiger partial charge < -0.3 is 40.0 Å². The number of esters is 1. The maximum absolute atomic E-state index is 14.2. The van der Waals surface area contributed by atoms with Crippen molar-refractivity contribution in [1.82, 2.24) is 25.8 Å².